The summed E-state index contributed by atoms with van der Waals surface area (Å²) in [5.41, 5.74) is 0.363. The lowest BCUT2D eigenvalue weighted by Crippen LogP contribution is -2.33. The molecule has 3 aromatic carbocycles. The summed E-state index contributed by atoms with van der Waals surface area (Å²) in [6, 6.07) is 13.0. The maximum Gasteiger partial charge on any atom is 0.262 e. The minimum absolute atomic E-state index is 0.0855. The van der Waals surface area contributed by atoms with E-state index >= 15 is 0 Å². The SMILES string of the molecule is Cc1ccc(NC(=O)CNC(=O)c2ccc(F)cc2F)cc1S(=O)(=O)Nc1ccccc1Cl. The zero-order valence-corrected chi connectivity index (χ0v) is 18.7. The largest absolute Gasteiger partial charge is 0.343 e. The quantitative estimate of drug-likeness (QED) is 0.461. The molecule has 0 aromatic heterocycles. The van der Waals surface area contributed by atoms with Crippen molar-refractivity contribution in [3.63, 3.8) is 0 Å². The summed E-state index contributed by atoms with van der Waals surface area (Å²) in [6.07, 6.45) is 0. The summed E-state index contributed by atoms with van der Waals surface area (Å²) in [5.74, 6) is -3.49. The molecule has 0 aliphatic heterocycles. The standard InChI is InChI=1S/C22H18ClF2N3O4S/c1-13-6-8-15(11-20(13)33(31,32)28-19-5-3-2-4-17(19)23)27-21(29)12-26-22(30)16-9-7-14(24)10-18(16)25/h2-11,28H,12H2,1H3,(H,26,30)(H,27,29). The number of hydrogen-bond acceptors (Lipinski definition) is 4. The second-order valence-corrected chi connectivity index (χ2v) is 8.98. The van der Waals surface area contributed by atoms with Crippen LogP contribution in [0.5, 0.6) is 0 Å². The van der Waals surface area contributed by atoms with Gasteiger partial charge in [-0.05, 0) is 48.9 Å². The smallest absolute Gasteiger partial charge is 0.262 e. The van der Waals surface area contributed by atoms with Gasteiger partial charge in [0.1, 0.15) is 11.6 Å². The van der Waals surface area contributed by atoms with E-state index in [1.54, 1.807) is 19.1 Å². The number of sulfonamides is 1. The number of amides is 2. The number of benzene rings is 3. The van der Waals surface area contributed by atoms with E-state index < -0.39 is 45.6 Å². The maximum absolute atomic E-state index is 13.7. The number of rotatable bonds is 7. The van der Waals surface area contributed by atoms with Crippen molar-refractivity contribution in [1.29, 1.82) is 0 Å². The number of anilines is 2. The molecule has 0 saturated carbocycles. The van der Waals surface area contributed by atoms with Gasteiger partial charge in [-0.15, -0.1) is 0 Å². The van der Waals surface area contributed by atoms with E-state index in [4.69, 9.17) is 11.6 Å². The van der Waals surface area contributed by atoms with Crippen molar-refractivity contribution in [1.82, 2.24) is 5.32 Å². The zero-order valence-electron chi connectivity index (χ0n) is 17.2. The summed E-state index contributed by atoms with van der Waals surface area (Å²) in [5, 5.41) is 4.90. The van der Waals surface area contributed by atoms with Crippen molar-refractivity contribution < 1.29 is 26.8 Å². The lowest BCUT2D eigenvalue weighted by atomic mass is 10.2. The molecule has 0 atom stereocenters. The van der Waals surface area contributed by atoms with Crippen molar-refractivity contribution in [3.8, 4) is 0 Å². The molecule has 0 unspecified atom stereocenters. The molecule has 7 nitrogen and oxygen atoms in total. The Hall–Kier alpha value is -3.50. The van der Waals surface area contributed by atoms with Gasteiger partial charge >= 0.3 is 0 Å². The van der Waals surface area contributed by atoms with E-state index in [-0.39, 0.29) is 21.3 Å². The van der Waals surface area contributed by atoms with Crippen LogP contribution >= 0.6 is 11.6 Å². The summed E-state index contributed by atoms with van der Waals surface area (Å²) >= 11 is 6.02. The molecular weight excluding hydrogens is 476 g/mol. The van der Waals surface area contributed by atoms with Crippen LogP contribution in [0.3, 0.4) is 0 Å². The second-order valence-electron chi connectivity index (χ2n) is 6.92. The van der Waals surface area contributed by atoms with Gasteiger partial charge in [0.2, 0.25) is 5.91 Å². The molecule has 172 valence electrons. The third-order valence-corrected chi connectivity index (χ3v) is 6.30. The molecule has 3 aromatic rings. The van der Waals surface area contributed by atoms with Crippen LogP contribution in [-0.2, 0) is 14.8 Å². The fourth-order valence-corrected chi connectivity index (χ4v) is 4.44. The molecule has 2 amide bonds. The Kier molecular flexibility index (Phi) is 7.29. The highest BCUT2D eigenvalue weighted by Gasteiger charge is 2.20. The van der Waals surface area contributed by atoms with E-state index in [9.17, 15) is 26.8 Å². The molecule has 3 rings (SSSR count). The van der Waals surface area contributed by atoms with Crippen LogP contribution in [0.2, 0.25) is 5.02 Å². The average molecular weight is 494 g/mol. The molecular formula is C22H18ClF2N3O4S. The van der Waals surface area contributed by atoms with E-state index in [1.165, 1.54) is 30.3 Å². The molecule has 0 fully saturated rings. The first-order valence-corrected chi connectivity index (χ1v) is 11.3. The van der Waals surface area contributed by atoms with E-state index in [0.29, 0.717) is 11.6 Å². The third kappa shape index (κ3) is 6.05. The number of halogens is 3. The molecule has 0 heterocycles. The van der Waals surface area contributed by atoms with Crippen molar-refractivity contribution in [2.75, 3.05) is 16.6 Å². The summed E-state index contributed by atoms with van der Waals surface area (Å²) in [7, 11) is -4.02. The van der Waals surface area contributed by atoms with Gasteiger partial charge in [-0.2, -0.15) is 0 Å². The number of nitrogens with one attached hydrogen (secondary N) is 3. The lowest BCUT2D eigenvalue weighted by Gasteiger charge is -2.13. The van der Waals surface area contributed by atoms with Gasteiger partial charge in [-0.1, -0.05) is 29.8 Å². The van der Waals surface area contributed by atoms with Crippen LogP contribution in [0.15, 0.2) is 65.6 Å². The van der Waals surface area contributed by atoms with Crippen LogP contribution in [0.4, 0.5) is 20.2 Å². The minimum atomic E-state index is -4.02. The van der Waals surface area contributed by atoms with Crippen LogP contribution in [0, 0.1) is 18.6 Å². The summed E-state index contributed by atoms with van der Waals surface area (Å²) in [6.45, 7) is 1.06. The fourth-order valence-electron chi connectivity index (χ4n) is 2.85. The molecule has 33 heavy (non-hydrogen) atoms. The first kappa shape index (κ1) is 24.1. The van der Waals surface area contributed by atoms with E-state index in [2.05, 4.69) is 15.4 Å². The van der Waals surface area contributed by atoms with Crippen molar-refractivity contribution in [3.05, 3.63) is 88.4 Å². The molecule has 0 spiro atoms. The Morgan fingerprint density at radius 3 is 2.42 bits per heavy atom. The van der Waals surface area contributed by atoms with Crippen molar-refractivity contribution in [2.45, 2.75) is 11.8 Å². The summed E-state index contributed by atoms with van der Waals surface area (Å²) in [4.78, 5) is 24.1. The van der Waals surface area contributed by atoms with Crippen LogP contribution in [0.1, 0.15) is 15.9 Å². The summed E-state index contributed by atoms with van der Waals surface area (Å²) < 4.78 is 54.7. The fraction of sp³-hybridized carbons (Fsp3) is 0.0909. The normalized spacial score (nSPS) is 11.0. The Morgan fingerprint density at radius 2 is 1.73 bits per heavy atom. The Morgan fingerprint density at radius 1 is 1.00 bits per heavy atom. The van der Waals surface area contributed by atoms with Crippen molar-refractivity contribution >= 4 is 44.8 Å². The van der Waals surface area contributed by atoms with E-state index in [0.717, 1.165) is 12.1 Å². The van der Waals surface area contributed by atoms with Crippen LogP contribution < -0.4 is 15.4 Å². The minimum Gasteiger partial charge on any atom is -0.343 e. The first-order chi connectivity index (χ1) is 15.6. The molecule has 0 radical (unpaired) electrons. The first-order valence-electron chi connectivity index (χ1n) is 9.48. The molecule has 0 saturated heterocycles. The Bertz CT molecular complexity index is 1330. The van der Waals surface area contributed by atoms with Gasteiger partial charge in [-0.3, -0.25) is 14.3 Å². The predicted molar refractivity (Wildman–Crippen MR) is 121 cm³/mol. The highest BCUT2D eigenvalue weighted by Crippen LogP contribution is 2.26. The van der Waals surface area contributed by atoms with Gasteiger partial charge in [0.15, 0.2) is 0 Å². The zero-order chi connectivity index (χ0) is 24.2. The second kappa shape index (κ2) is 9.97. The molecule has 0 bridgehead atoms. The van der Waals surface area contributed by atoms with Crippen molar-refractivity contribution in [2.24, 2.45) is 0 Å². The molecule has 0 aliphatic carbocycles. The van der Waals surface area contributed by atoms with E-state index in [1.807, 2.05) is 0 Å². The molecule has 0 aliphatic rings. The third-order valence-electron chi connectivity index (χ3n) is 4.46. The predicted octanol–water partition coefficient (Wildman–Crippen LogP) is 4.10. The Labute approximate surface area is 193 Å². The topological polar surface area (TPSA) is 104 Å². The van der Waals surface area contributed by atoms with Gasteiger partial charge in [0, 0.05) is 11.8 Å². The number of hydrogen-bond donors (Lipinski definition) is 3. The number of aryl methyl sites for hydroxylation is 1. The van der Waals surface area contributed by atoms with Gasteiger partial charge < -0.3 is 10.6 Å². The highest BCUT2D eigenvalue weighted by molar-refractivity contribution is 7.92. The Balaban J connectivity index is 1.69. The average Bonchev–Trinajstić information content (AvgIpc) is 2.75. The van der Waals surface area contributed by atoms with Crippen LogP contribution in [0.25, 0.3) is 0 Å². The molecule has 3 N–H and O–H groups in total. The van der Waals surface area contributed by atoms with Gasteiger partial charge in [0.25, 0.3) is 15.9 Å². The van der Waals surface area contributed by atoms with Gasteiger partial charge in [0.05, 0.1) is 27.7 Å². The number of carbonyl (C=O) groups excluding carboxylic acids is 2. The lowest BCUT2D eigenvalue weighted by molar-refractivity contribution is -0.115. The van der Waals surface area contributed by atoms with Gasteiger partial charge in [-0.25, -0.2) is 17.2 Å². The molecule has 11 heteroatoms. The number of carbonyl (C=O) groups is 2. The highest BCUT2D eigenvalue weighted by atomic mass is 35.5. The van der Waals surface area contributed by atoms with Crippen LogP contribution in [-0.4, -0.2) is 26.8 Å². The maximum atomic E-state index is 13.7. The number of para-hydroxylation sites is 1. The monoisotopic (exact) mass is 493 g/mol.